The van der Waals surface area contributed by atoms with Crippen LogP contribution >= 0.6 is 0 Å². The van der Waals surface area contributed by atoms with Crippen LogP contribution in [-0.2, 0) is 14.3 Å². The molecule has 0 amide bonds. The van der Waals surface area contributed by atoms with Gasteiger partial charge in [-0.05, 0) is 67.9 Å². The summed E-state index contributed by atoms with van der Waals surface area (Å²) < 4.78 is 10.4. The second-order valence-corrected chi connectivity index (χ2v) is 11.4. The number of aliphatic hydroxyl groups is 3. The predicted molar refractivity (Wildman–Crippen MR) is 120 cm³/mol. The average Bonchev–Trinajstić information content (AvgIpc) is 3.04. The normalized spacial score (nSPS) is 47.7. The number of ether oxygens (including phenoxy) is 1. The molecule has 1 heterocycles. The molecule has 4 fully saturated rings. The molecule has 1 aromatic rings. The van der Waals surface area contributed by atoms with Crippen LogP contribution in [0.25, 0.3) is 0 Å². The Morgan fingerprint density at radius 3 is 2.53 bits per heavy atom. The number of aliphatic hydroxyl groups excluding tert-OH is 1. The number of carbonyl (C=O) groups excluding carboxylic acids is 2. The zero-order valence-corrected chi connectivity index (χ0v) is 19.7. The van der Waals surface area contributed by atoms with Crippen LogP contribution in [0.2, 0.25) is 0 Å². The molecule has 5 rings (SSSR count). The second-order valence-electron chi connectivity index (χ2n) is 11.4. The van der Waals surface area contributed by atoms with Crippen molar-refractivity contribution in [3.05, 3.63) is 34.4 Å². The first kappa shape index (κ1) is 23.7. The molecule has 0 radical (unpaired) electrons. The summed E-state index contributed by atoms with van der Waals surface area (Å²) in [4.78, 5) is 35.7. The lowest BCUT2D eigenvalue weighted by molar-refractivity contribution is -0.272. The van der Waals surface area contributed by atoms with E-state index in [1.54, 1.807) is 6.07 Å². The van der Waals surface area contributed by atoms with Gasteiger partial charge in [0.05, 0.1) is 29.0 Å². The number of carbonyl (C=O) groups is 2. The lowest BCUT2D eigenvalue weighted by Crippen LogP contribution is -2.72. The lowest BCUT2D eigenvalue weighted by Gasteiger charge is -2.66. The predicted octanol–water partition coefficient (Wildman–Crippen LogP) is 2.08. The molecule has 0 aliphatic heterocycles. The highest BCUT2D eigenvalue weighted by molar-refractivity contribution is 5.67. The fourth-order valence-corrected chi connectivity index (χ4v) is 8.67. The zero-order valence-electron chi connectivity index (χ0n) is 19.7. The van der Waals surface area contributed by atoms with Gasteiger partial charge in [-0.25, -0.2) is 4.79 Å². The van der Waals surface area contributed by atoms with E-state index in [9.17, 15) is 29.7 Å². The number of rotatable bonds is 3. The molecule has 9 atom stereocenters. The molecular weight excluding hydrogens is 440 g/mol. The van der Waals surface area contributed by atoms with Gasteiger partial charge in [0.15, 0.2) is 0 Å². The topological polar surface area (TPSA) is 134 Å². The van der Waals surface area contributed by atoms with Crippen molar-refractivity contribution in [3.63, 3.8) is 0 Å². The first-order valence-corrected chi connectivity index (χ1v) is 12.4. The molecular formula is C26H34O8. The SMILES string of the molecule is CC(=O)O[C@H]1C[C@@H](O)[C@]2(C=O)[C@H]3CC[C@]4(C)[C@@H](c5ccc(=O)oc5)CC[C@]4(O)[C@@H]3CC[C@]2(O)C1. The molecule has 8 heteroatoms. The van der Waals surface area contributed by atoms with E-state index in [1.165, 1.54) is 19.3 Å². The number of hydrogen-bond acceptors (Lipinski definition) is 8. The largest absolute Gasteiger partial charge is 0.462 e. The summed E-state index contributed by atoms with van der Waals surface area (Å²) in [6, 6.07) is 3.17. The van der Waals surface area contributed by atoms with Crippen molar-refractivity contribution in [2.45, 2.75) is 94.5 Å². The van der Waals surface area contributed by atoms with Gasteiger partial charge in [0, 0.05) is 31.2 Å². The van der Waals surface area contributed by atoms with E-state index >= 15 is 0 Å². The molecule has 3 N–H and O–H groups in total. The summed E-state index contributed by atoms with van der Waals surface area (Å²) in [5, 5.41) is 35.3. The summed E-state index contributed by atoms with van der Waals surface area (Å²) in [5.41, 5.74) is -4.02. The van der Waals surface area contributed by atoms with Crippen LogP contribution in [-0.4, -0.2) is 51.0 Å². The van der Waals surface area contributed by atoms with Crippen LogP contribution in [0.3, 0.4) is 0 Å². The first-order chi connectivity index (χ1) is 16.0. The van der Waals surface area contributed by atoms with Gasteiger partial charge in [-0.3, -0.25) is 4.79 Å². The molecule has 8 nitrogen and oxygen atoms in total. The van der Waals surface area contributed by atoms with Crippen LogP contribution in [0.5, 0.6) is 0 Å². The molecule has 0 saturated heterocycles. The highest BCUT2D eigenvalue weighted by atomic mass is 16.5. The van der Waals surface area contributed by atoms with Crippen molar-refractivity contribution in [2.24, 2.45) is 22.7 Å². The quantitative estimate of drug-likeness (QED) is 0.448. The Labute approximate surface area is 198 Å². The van der Waals surface area contributed by atoms with Crippen molar-refractivity contribution < 1.29 is 34.1 Å². The van der Waals surface area contributed by atoms with E-state index < -0.39 is 45.8 Å². The van der Waals surface area contributed by atoms with Gasteiger partial charge < -0.3 is 29.3 Å². The van der Waals surface area contributed by atoms with E-state index in [1.807, 2.05) is 0 Å². The maximum Gasteiger partial charge on any atom is 0.335 e. The Balaban J connectivity index is 1.51. The monoisotopic (exact) mass is 474 g/mol. The fourth-order valence-electron chi connectivity index (χ4n) is 8.67. The van der Waals surface area contributed by atoms with E-state index in [2.05, 4.69) is 6.92 Å². The minimum Gasteiger partial charge on any atom is -0.462 e. The minimum absolute atomic E-state index is 0.000387. The van der Waals surface area contributed by atoms with Gasteiger partial charge in [-0.15, -0.1) is 0 Å². The van der Waals surface area contributed by atoms with E-state index in [0.29, 0.717) is 25.7 Å². The van der Waals surface area contributed by atoms with Gasteiger partial charge in [0.25, 0.3) is 0 Å². The Kier molecular flexibility index (Phi) is 5.39. The van der Waals surface area contributed by atoms with Crippen LogP contribution in [0, 0.1) is 22.7 Å². The number of esters is 1. The molecule has 1 aromatic heterocycles. The van der Waals surface area contributed by atoms with Gasteiger partial charge in [0.2, 0.25) is 0 Å². The van der Waals surface area contributed by atoms with Gasteiger partial charge >= 0.3 is 11.6 Å². The Morgan fingerprint density at radius 1 is 1.15 bits per heavy atom. The maximum absolute atomic E-state index is 12.8. The third-order valence-electron chi connectivity index (χ3n) is 10.2. The molecule has 0 bridgehead atoms. The fraction of sp³-hybridized carbons (Fsp3) is 0.731. The number of fused-ring (bicyclic) bond motifs is 5. The Hall–Kier alpha value is -2.03. The highest BCUT2D eigenvalue weighted by Crippen LogP contribution is 2.71. The molecule has 4 aliphatic rings. The van der Waals surface area contributed by atoms with E-state index in [-0.39, 0.29) is 37.0 Å². The van der Waals surface area contributed by atoms with Gasteiger partial charge in [-0.1, -0.05) is 6.92 Å². The molecule has 0 unspecified atom stereocenters. The highest BCUT2D eigenvalue weighted by Gasteiger charge is 2.73. The molecule has 4 aliphatic carbocycles. The summed E-state index contributed by atoms with van der Waals surface area (Å²) in [7, 11) is 0. The Bertz CT molecular complexity index is 1030. The number of aldehydes is 1. The van der Waals surface area contributed by atoms with E-state index in [4.69, 9.17) is 9.15 Å². The molecule has 0 aromatic carbocycles. The van der Waals surface area contributed by atoms with Crippen molar-refractivity contribution in [1.82, 2.24) is 0 Å². The summed E-state index contributed by atoms with van der Waals surface area (Å²) in [5.74, 6) is -1.13. The van der Waals surface area contributed by atoms with Crippen LogP contribution in [0.15, 0.2) is 27.6 Å². The average molecular weight is 475 g/mol. The molecule has 0 spiro atoms. The summed E-state index contributed by atoms with van der Waals surface area (Å²) in [6.45, 7) is 3.37. The summed E-state index contributed by atoms with van der Waals surface area (Å²) >= 11 is 0. The summed E-state index contributed by atoms with van der Waals surface area (Å²) in [6.07, 6.45) is 3.78. The molecule has 34 heavy (non-hydrogen) atoms. The third-order valence-corrected chi connectivity index (χ3v) is 10.2. The van der Waals surface area contributed by atoms with Gasteiger partial charge in [-0.2, -0.15) is 0 Å². The standard InChI is InChI=1S/C26H34O8/c1-15(28)34-17-11-21(29)25(14-27)19-5-8-23(2)18(16-3-4-22(30)33-13-16)7-10-26(23,32)20(19)6-9-24(25,31)12-17/h3-4,13-14,17-21,29,31-32H,5-12H2,1-2H3/t17-,18+,19-,20+,21+,23+,24-,25-,26-/m0/s1. The van der Waals surface area contributed by atoms with Crippen LogP contribution < -0.4 is 5.63 Å². The van der Waals surface area contributed by atoms with Crippen LogP contribution in [0.4, 0.5) is 0 Å². The van der Waals surface area contributed by atoms with Crippen molar-refractivity contribution >= 4 is 12.3 Å². The maximum atomic E-state index is 12.8. The Morgan fingerprint density at radius 2 is 1.88 bits per heavy atom. The van der Waals surface area contributed by atoms with Crippen molar-refractivity contribution in [1.29, 1.82) is 0 Å². The second kappa shape index (κ2) is 7.73. The minimum atomic E-state index is -1.50. The number of hydrogen-bond donors (Lipinski definition) is 3. The molecule has 4 saturated carbocycles. The first-order valence-electron chi connectivity index (χ1n) is 12.4. The zero-order chi connectivity index (χ0) is 24.5. The smallest absolute Gasteiger partial charge is 0.335 e. The van der Waals surface area contributed by atoms with E-state index in [0.717, 1.165) is 18.3 Å². The van der Waals surface area contributed by atoms with Crippen LogP contribution in [0.1, 0.15) is 76.7 Å². The van der Waals surface area contributed by atoms with Crippen molar-refractivity contribution in [3.8, 4) is 0 Å². The van der Waals surface area contributed by atoms with Gasteiger partial charge in [0.1, 0.15) is 12.4 Å². The molecule has 186 valence electrons. The lowest BCUT2D eigenvalue weighted by atomic mass is 9.41. The third kappa shape index (κ3) is 2.97. The van der Waals surface area contributed by atoms with Crippen molar-refractivity contribution in [2.75, 3.05) is 0 Å².